The molecule has 0 aliphatic heterocycles. The molecule has 0 N–H and O–H groups in total. The lowest BCUT2D eigenvalue weighted by Crippen LogP contribution is -2.08. The lowest BCUT2D eigenvalue weighted by Gasteiger charge is -2.10. The van der Waals surface area contributed by atoms with E-state index in [1.807, 2.05) is 54.6 Å². The van der Waals surface area contributed by atoms with Crippen molar-refractivity contribution >= 4 is 5.97 Å². The minimum absolute atomic E-state index is 0.389. The van der Waals surface area contributed by atoms with Crippen molar-refractivity contribution in [3.05, 3.63) is 83.4 Å². The monoisotopic (exact) mass is 469 g/mol. The Morgan fingerprint density at radius 2 is 1.49 bits per heavy atom. The van der Waals surface area contributed by atoms with Gasteiger partial charge in [0, 0.05) is 0 Å². The van der Waals surface area contributed by atoms with Gasteiger partial charge in [0.25, 0.3) is 0 Å². The van der Waals surface area contributed by atoms with Crippen molar-refractivity contribution in [3.63, 3.8) is 0 Å². The second-order valence-corrected chi connectivity index (χ2v) is 8.80. The Kier molecular flexibility index (Phi) is 10.4. The Labute approximate surface area is 209 Å². The van der Waals surface area contributed by atoms with Gasteiger partial charge in [-0.2, -0.15) is 5.26 Å². The molecule has 4 heteroatoms. The van der Waals surface area contributed by atoms with Crippen LogP contribution in [0, 0.1) is 11.3 Å². The first-order valence-electron chi connectivity index (χ1n) is 12.7. The van der Waals surface area contributed by atoms with E-state index in [0.717, 1.165) is 30.4 Å². The van der Waals surface area contributed by atoms with Crippen LogP contribution in [0.1, 0.15) is 80.3 Å². The topological polar surface area (TPSA) is 59.3 Å². The molecule has 0 spiro atoms. The number of benzene rings is 3. The Balaban J connectivity index is 1.59. The van der Waals surface area contributed by atoms with E-state index >= 15 is 0 Å². The summed E-state index contributed by atoms with van der Waals surface area (Å²) in [6.45, 7) is 4.99. The molecule has 3 aromatic rings. The minimum atomic E-state index is -0.389. The third-order valence-corrected chi connectivity index (χ3v) is 6.01. The number of esters is 1. The molecule has 0 aromatic heterocycles. The number of ether oxygens (including phenoxy) is 2. The molecule has 0 fully saturated rings. The standard InChI is InChI=1S/C31H35NO3/c1-3-5-7-9-21-34-30-20-17-27(22-28(30)23-32)25-13-15-26(16-14-25)31(33)35-29-18-11-24(12-19-29)10-8-6-4-2/h11-20,22H,3-10,21H2,1-2H3. The second-order valence-electron chi connectivity index (χ2n) is 8.80. The average Bonchev–Trinajstić information content (AvgIpc) is 2.90. The van der Waals surface area contributed by atoms with Gasteiger partial charge >= 0.3 is 5.97 Å². The molecular formula is C31H35NO3. The summed E-state index contributed by atoms with van der Waals surface area (Å²) in [4.78, 5) is 12.6. The number of unbranched alkanes of at least 4 members (excludes halogenated alkanes) is 5. The normalized spacial score (nSPS) is 10.5. The summed E-state index contributed by atoms with van der Waals surface area (Å²) in [6.07, 6.45) is 9.14. The van der Waals surface area contributed by atoms with Crippen LogP contribution < -0.4 is 9.47 Å². The van der Waals surface area contributed by atoms with Crippen LogP contribution in [0.15, 0.2) is 66.7 Å². The molecule has 0 atom stereocenters. The fourth-order valence-electron chi connectivity index (χ4n) is 3.90. The van der Waals surface area contributed by atoms with Gasteiger partial charge in [-0.15, -0.1) is 0 Å². The van der Waals surface area contributed by atoms with E-state index in [9.17, 15) is 10.1 Å². The molecule has 182 valence electrons. The van der Waals surface area contributed by atoms with Crippen molar-refractivity contribution in [2.24, 2.45) is 0 Å². The zero-order valence-corrected chi connectivity index (χ0v) is 20.9. The van der Waals surface area contributed by atoms with Crippen molar-refractivity contribution in [2.45, 2.75) is 65.2 Å². The van der Waals surface area contributed by atoms with Gasteiger partial charge in [-0.3, -0.25) is 0 Å². The van der Waals surface area contributed by atoms with Gasteiger partial charge in [0.15, 0.2) is 0 Å². The number of carbonyl (C=O) groups is 1. The zero-order chi connectivity index (χ0) is 24.9. The maximum absolute atomic E-state index is 12.6. The lowest BCUT2D eigenvalue weighted by atomic mass is 10.0. The fraction of sp³-hybridized carbons (Fsp3) is 0.355. The largest absolute Gasteiger partial charge is 0.492 e. The third-order valence-electron chi connectivity index (χ3n) is 6.01. The molecule has 0 aliphatic rings. The third kappa shape index (κ3) is 8.00. The molecule has 0 amide bonds. The number of hydrogen-bond acceptors (Lipinski definition) is 4. The molecule has 0 bridgehead atoms. The van der Waals surface area contributed by atoms with Crippen LogP contribution in [0.25, 0.3) is 11.1 Å². The Hall–Kier alpha value is -3.58. The first-order chi connectivity index (χ1) is 17.1. The molecule has 0 unspecified atom stereocenters. The number of aryl methyl sites for hydroxylation is 1. The van der Waals surface area contributed by atoms with E-state index < -0.39 is 0 Å². The van der Waals surface area contributed by atoms with E-state index in [1.165, 1.54) is 37.7 Å². The van der Waals surface area contributed by atoms with E-state index in [-0.39, 0.29) is 5.97 Å². The summed E-state index contributed by atoms with van der Waals surface area (Å²) in [6, 6.07) is 22.8. The molecule has 4 nitrogen and oxygen atoms in total. The number of rotatable bonds is 13. The van der Waals surface area contributed by atoms with E-state index in [1.54, 1.807) is 12.1 Å². The van der Waals surface area contributed by atoms with Crippen molar-refractivity contribution in [3.8, 4) is 28.7 Å². The van der Waals surface area contributed by atoms with Crippen LogP contribution in [0.5, 0.6) is 11.5 Å². The summed E-state index contributed by atoms with van der Waals surface area (Å²) in [7, 11) is 0. The molecule has 3 rings (SSSR count). The summed E-state index contributed by atoms with van der Waals surface area (Å²) in [5, 5.41) is 9.57. The van der Waals surface area contributed by atoms with Gasteiger partial charge < -0.3 is 9.47 Å². The smallest absolute Gasteiger partial charge is 0.343 e. The summed E-state index contributed by atoms with van der Waals surface area (Å²) >= 11 is 0. The molecule has 0 saturated carbocycles. The number of nitrogens with zero attached hydrogens (tertiary/aromatic N) is 1. The minimum Gasteiger partial charge on any atom is -0.492 e. The van der Waals surface area contributed by atoms with Crippen molar-refractivity contribution in [1.29, 1.82) is 5.26 Å². The molecule has 0 aliphatic carbocycles. The predicted molar refractivity (Wildman–Crippen MR) is 141 cm³/mol. The quantitative estimate of drug-likeness (QED) is 0.144. The van der Waals surface area contributed by atoms with Gasteiger partial charge in [-0.25, -0.2) is 4.79 Å². The fourth-order valence-corrected chi connectivity index (χ4v) is 3.90. The molecule has 3 aromatic carbocycles. The second kappa shape index (κ2) is 14.0. The lowest BCUT2D eigenvalue weighted by molar-refractivity contribution is 0.0734. The average molecular weight is 470 g/mol. The summed E-state index contributed by atoms with van der Waals surface area (Å²) < 4.78 is 11.4. The highest BCUT2D eigenvalue weighted by Crippen LogP contribution is 2.27. The molecule has 0 heterocycles. The highest BCUT2D eigenvalue weighted by molar-refractivity contribution is 5.91. The molecular weight excluding hydrogens is 434 g/mol. The van der Waals surface area contributed by atoms with Gasteiger partial charge in [-0.1, -0.05) is 76.3 Å². The zero-order valence-electron chi connectivity index (χ0n) is 20.9. The Morgan fingerprint density at radius 1 is 0.800 bits per heavy atom. The first kappa shape index (κ1) is 26.0. The highest BCUT2D eigenvalue weighted by Gasteiger charge is 2.11. The first-order valence-corrected chi connectivity index (χ1v) is 12.7. The van der Waals surface area contributed by atoms with Crippen LogP contribution in [0.3, 0.4) is 0 Å². The maximum atomic E-state index is 12.6. The van der Waals surface area contributed by atoms with Crippen molar-refractivity contribution in [2.75, 3.05) is 6.61 Å². The Bertz CT molecular complexity index is 1110. The SMILES string of the molecule is CCCCCCOc1ccc(-c2ccc(C(=O)Oc3ccc(CCCCC)cc3)cc2)cc1C#N. The van der Waals surface area contributed by atoms with Crippen LogP contribution in [0.4, 0.5) is 0 Å². The van der Waals surface area contributed by atoms with Gasteiger partial charge in [0.05, 0.1) is 17.7 Å². The van der Waals surface area contributed by atoms with Crippen LogP contribution in [0.2, 0.25) is 0 Å². The van der Waals surface area contributed by atoms with Gasteiger partial charge in [0.1, 0.15) is 17.6 Å². The molecule has 35 heavy (non-hydrogen) atoms. The number of hydrogen-bond donors (Lipinski definition) is 0. The van der Waals surface area contributed by atoms with Crippen LogP contribution in [-0.2, 0) is 6.42 Å². The summed E-state index contributed by atoms with van der Waals surface area (Å²) in [5.41, 5.74) is 4.07. The molecule has 0 saturated heterocycles. The van der Waals surface area contributed by atoms with E-state index in [4.69, 9.17) is 9.47 Å². The maximum Gasteiger partial charge on any atom is 0.343 e. The summed E-state index contributed by atoms with van der Waals surface area (Å²) in [5.74, 6) is 0.770. The van der Waals surface area contributed by atoms with Crippen molar-refractivity contribution in [1.82, 2.24) is 0 Å². The number of nitriles is 1. The Morgan fingerprint density at radius 3 is 2.17 bits per heavy atom. The van der Waals surface area contributed by atoms with Crippen molar-refractivity contribution < 1.29 is 14.3 Å². The van der Waals surface area contributed by atoms with Gasteiger partial charge in [0.2, 0.25) is 0 Å². The predicted octanol–water partition coefficient (Wildman–Crippen LogP) is 8.14. The van der Waals surface area contributed by atoms with Crippen LogP contribution in [-0.4, -0.2) is 12.6 Å². The van der Waals surface area contributed by atoms with E-state index in [0.29, 0.717) is 29.2 Å². The highest BCUT2D eigenvalue weighted by atomic mass is 16.5. The van der Waals surface area contributed by atoms with E-state index in [2.05, 4.69) is 19.9 Å². The molecule has 0 radical (unpaired) electrons. The number of carbonyl (C=O) groups excluding carboxylic acids is 1. The van der Waals surface area contributed by atoms with Gasteiger partial charge in [-0.05, 0) is 72.4 Å². The van der Waals surface area contributed by atoms with Crippen LogP contribution >= 0.6 is 0 Å².